The minimum atomic E-state index is -0.413. The quantitative estimate of drug-likeness (QED) is 0.614. The van der Waals surface area contributed by atoms with Crippen LogP contribution in [0, 0.1) is 0 Å². The average Bonchev–Trinajstić information content (AvgIpc) is 2.36. The molecular weight excluding hydrogens is 248 g/mol. The van der Waals surface area contributed by atoms with E-state index in [0.717, 1.165) is 0 Å². The van der Waals surface area contributed by atoms with Crippen molar-refractivity contribution in [2.24, 2.45) is 0 Å². The first-order valence-corrected chi connectivity index (χ1v) is 5.86. The summed E-state index contributed by atoms with van der Waals surface area (Å²) in [4.78, 5) is 33.2. The van der Waals surface area contributed by atoms with E-state index < -0.39 is 11.9 Å². The third-order valence-corrected chi connectivity index (χ3v) is 2.15. The van der Waals surface area contributed by atoms with Crippen LogP contribution in [0.4, 0.5) is 5.69 Å². The summed E-state index contributed by atoms with van der Waals surface area (Å²) in [7, 11) is 0. The molecule has 0 aliphatic carbocycles. The number of carbonyl (C=O) groups is 3. The van der Waals surface area contributed by atoms with Crippen LogP contribution in [-0.2, 0) is 14.4 Å². The summed E-state index contributed by atoms with van der Waals surface area (Å²) in [5.74, 6) is -0.754. The fourth-order valence-electron chi connectivity index (χ4n) is 1.31. The van der Waals surface area contributed by atoms with Crippen LogP contribution >= 0.6 is 0 Å². The summed E-state index contributed by atoms with van der Waals surface area (Å²) in [6, 6.07) is 6.64. The molecule has 0 radical (unpaired) electrons. The lowest BCUT2D eigenvalue weighted by Crippen LogP contribution is -2.34. The first-order chi connectivity index (χ1) is 9.01. The van der Waals surface area contributed by atoms with E-state index in [1.165, 1.54) is 6.92 Å². The molecular formula is C13H16N2O4. The lowest BCUT2D eigenvalue weighted by atomic mass is 10.3. The van der Waals surface area contributed by atoms with Crippen molar-refractivity contribution >= 4 is 23.5 Å². The fourth-order valence-corrected chi connectivity index (χ4v) is 1.31. The van der Waals surface area contributed by atoms with Gasteiger partial charge in [0.05, 0.1) is 6.54 Å². The molecule has 0 saturated heterocycles. The molecule has 19 heavy (non-hydrogen) atoms. The number of hydrogen-bond acceptors (Lipinski definition) is 5. The highest BCUT2D eigenvalue weighted by atomic mass is 16.5. The number of anilines is 1. The van der Waals surface area contributed by atoms with Gasteiger partial charge in [-0.15, -0.1) is 0 Å². The Morgan fingerprint density at radius 2 is 1.95 bits per heavy atom. The number of rotatable bonds is 5. The third kappa shape index (κ3) is 5.67. The Balaban J connectivity index is 2.51. The van der Waals surface area contributed by atoms with Crippen molar-refractivity contribution in [3.63, 3.8) is 0 Å². The van der Waals surface area contributed by atoms with Crippen LogP contribution in [-0.4, -0.2) is 24.3 Å². The highest BCUT2D eigenvalue weighted by Gasteiger charge is 2.06. The first-order valence-electron chi connectivity index (χ1n) is 5.86. The number of nitrogens with one attached hydrogen (secondary N) is 2. The van der Waals surface area contributed by atoms with Crippen molar-refractivity contribution < 1.29 is 19.1 Å². The molecule has 2 amide bonds. The molecule has 0 aromatic heterocycles. The summed E-state index contributed by atoms with van der Waals surface area (Å²) in [6.07, 6.45) is 0.258. The number of hydrogen-bond donors (Lipinski definition) is 2. The van der Waals surface area contributed by atoms with Crippen LogP contribution in [0.2, 0.25) is 0 Å². The summed E-state index contributed by atoms with van der Waals surface area (Å²) < 4.78 is 4.91. The summed E-state index contributed by atoms with van der Waals surface area (Å²) in [5.41, 5.74) is 0.623. The largest absolute Gasteiger partial charge is 0.427 e. The number of ether oxygens (including phenoxy) is 1. The number of esters is 1. The minimum Gasteiger partial charge on any atom is -0.427 e. The fraction of sp³-hybridized carbons (Fsp3) is 0.308. The van der Waals surface area contributed by atoms with E-state index in [-0.39, 0.29) is 18.9 Å². The zero-order valence-electron chi connectivity index (χ0n) is 10.9. The number of imide groups is 1. The van der Waals surface area contributed by atoms with E-state index >= 15 is 0 Å². The molecule has 0 heterocycles. The van der Waals surface area contributed by atoms with Crippen LogP contribution < -0.4 is 15.4 Å². The van der Waals surface area contributed by atoms with Crippen molar-refractivity contribution in [3.05, 3.63) is 24.3 Å². The van der Waals surface area contributed by atoms with Gasteiger partial charge >= 0.3 is 5.97 Å². The van der Waals surface area contributed by atoms with Gasteiger partial charge in [-0.2, -0.15) is 0 Å². The molecule has 1 aromatic rings. The summed E-state index contributed by atoms with van der Waals surface area (Å²) in [5, 5.41) is 5.05. The molecule has 0 saturated carbocycles. The van der Waals surface area contributed by atoms with Gasteiger partial charge in [0.1, 0.15) is 5.75 Å². The maximum Gasteiger partial charge on any atom is 0.308 e. The van der Waals surface area contributed by atoms with Gasteiger partial charge in [-0.25, -0.2) is 0 Å². The van der Waals surface area contributed by atoms with Crippen LogP contribution in [0.1, 0.15) is 20.3 Å². The molecule has 0 aliphatic rings. The van der Waals surface area contributed by atoms with Crippen LogP contribution in [0.5, 0.6) is 5.75 Å². The van der Waals surface area contributed by atoms with Gasteiger partial charge in [0.15, 0.2) is 0 Å². The Morgan fingerprint density at radius 3 is 2.58 bits per heavy atom. The topological polar surface area (TPSA) is 84.5 Å². The van der Waals surface area contributed by atoms with Crippen LogP contribution in [0.15, 0.2) is 24.3 Å². The Hall–Kier alpha value is -2.37. The monoisotopic (exact) mass is 264 g/mol. The molecule has 6 heteroatoms. The second-order valence-corrected chi connectivity index (χ2v) is 3.80. The third-order valence-electron chi connectivity index (χ3n) is 2.15. The SMILES string of the molecule is CCC(=O)NC(=O)CNc1cccc(OC(C)=O)c1. The molecule has 0 fully saturated rings. The molecule has 0 atom stereocenters. The normalized spacial score (nSPS) is 9.58. The maximum absolute atomic E-state index is 11.4. The predicted molar refractivity (Wildman–Crippen MR) is 69.7 cm³/mol. The van der Waals surface area contributed by atoms with E-state index in [2.05, 4.69) is 10.6 Å². The van der Waals surface area contributed by atoms with E-state index in [4.69, 9.17) is 4.74 Å². The molecule has 102 valence electrons. The van der Waals surface area contributed by atoms with E-state index in [0.29, 0.717) is 11.4 Å². The Bertz CT molecular complexity index is 485. The van der Waals surface area contributed by atoms with Crippen molar-refractivity contribution in [2.75, 3.05) is 11.9 Å². The van der Waals surface area contributed by atoms with E-state index in [1.807, 2.05) is 0 Å². The van der Waals surface area contributed by atoms with E-state index in [1.54, 1.807) is 31.2 Å². The highest BCUT2D eigenvalue weighted by molar-refractivity contribution is 5.96. The smallest absolute Gasteiger partial charge is 0.308 e. The molecule has 0 aliphatic heterocycles. The average molecular weight is 264 g/mol. The maximum atomic E-state index is 11.4. The zero-order chi connectivity index (χ0) is 14.3. The van der Waals surface area contributed by atoms with Gasteiger partial charge in [0.2, 0.25) is 11.8 Å². The zero-order valence-corrected chi connectivity index (χ0v) is 10.9. The molecule has 1 aromatic carbocycles. The van der Waals surface area contributed by atoms with Gasteiger partial charge in [-0.05, 0) is 12.1 Å². The lowest BCUT2D eigenvalue weighted by Gasteiger charge is -2.08. The highest BCUT2D eigenvalue weighted by Crippen LogP contribution is 2.17. The van der Waals surface area contributed by atoms with Crippen LogP contribution in [0.3, 0.4) is 0 Å². The van der Waals surface area contributed by atoms with Gasteiger partial charge in [-0.1, -0.05) is 13.0 Å². The summed E-state index contributed by atoms with van der Waals surface area (Å²) >= 11 is 0. The number of carbonyl (C=O) groups excluding carboxylic acids is 3. The Labute approximate surface area is 111 Å². The lowest BCUT2D eigenvalue weighted by molar-refractivity contribution is -0.132. The minimum absolute atomic E-state index is 0.0325. The molecule has 2 N–H and O–H groups in total. The van der Waals surface area contributed by atoms with Gasteiger partial charge in [0, 0.05) is 25.1 Å². The second kappa shape index (κ2) is 7.15. The second-order valence-electron chi connectivity index (χ2n) is 3.80. The first kappa shape index (κ1) is 14.7. The molecule has 0 bridgehead atoms. The summed E-state index contributed by atoms with van der Waals surface area (Å²) in [6.45, 7) is 2.94. The number of benzene rings is 1. The Kier molecular flexibility index (Phi) is 5.53. The molecule has 0 unspecified atom stereocenters. The number of amides is 2. The van der Waals surface area contributed by atoms with Crippen molar-refractivity contribution in [2.45, 2.75) is 20.3 Å². The molecule has 0 spiro atoms. The van der Waals surface area contributed by atoms with Gasteiger partial charge < -0.3 is 10.1 Å². The van der Waals surface area contributed by atoms with Crippen molar-refractivity contribution in [3.8, 4) is 5.75 Å². The van der Waals surface area contributed by atoms with Crippen molar-refractivity contribution in [1.29, 1.82) is 0 Å². The predicted octanol–water partition coefficient (Wildman–Crippen LogP) is 1.08. The Morgan fingerprint density at radius 1 is 1.21 bits per heavy atom. The van der Waals surface area contributed by atoms with Crippen LogP contribution in [0.25, 0.3) is 0 Å². The standard InChI is InChI=1S/C13H16N2O4/c1-3-12(17)15-13(18)8-14-10-5-4-6-11(7-10)19-9(2)16/h4-7,14H,3,8H2,1-2H3,(H,15,17,18). The van der Waals surface area contributed by atoms with Gasteiger partial charge in [0.25, 0.3) is 0 Å². The molecule has 1 rings (SSSR count). The van der Waals surface area contributed by atoms with Crippen molar-refractivity contribution in [1.82, 2.24) is 5.32 Å². The molecule has 6 nitrogen and oxygen atoms in total. The van der Waals surface area contributed by atoms with E-state index in [9.17, 15) is 14.4 Å². The van der Waals surface area contributed by atoms with Gasteiger partial charge in [-0.3, -0.25) is 19.7 Å².